The van der Waals surface area contributed by atoms with Gasteiger partial charge < -0.3 is 10.1 Å². The maximum Gasteiger partial charge on any atom is 0.341 e. The number of anilines is 1. The van der Waals surface area contributed by atoms with Crippen molar-refractivity contribution in [3.05, 3.63) is 80.7 Å². The molecule has 0 saturated heterocycles. The van der Waals surface area contributed by atoms with Gasteiger partial charge in [-0.2, -0.15) is 0 Å². The summed E-state index contributed by atoms with van der Waals surface area (Å²) in [6.07, 6.45) is 3.88. The van der Waals surface area contributed by atoms with Crippen LogP contribution in [0.5, 0.6) is 0 Å². The largest absolute Gasteiger partial charge is 0.462 e. The van der Waals surface area contributed by atoms with Crippen LogP contribution in [0.1, 0.15) is 35.3 Å². The number of ether oxygens (including phenoxy) is 1. The molecule has 31 heavy (non-hydrogen) atoms. The van der Waals surface area contributed by atoms with Crippen molar-refractivity contribution in [1.29, 1.82) is 0 Å². The molecule has 0 aliphatic rings. The summed E-state index contributed by atoms with van der Waals surface area (Å²) in [5.74, 6) is -0.857. The summed E-state index contributed by atoms with van der Waals surface area (Å²) in [5, 5.41) is 6.03. The van der Waals surface area contributed by atoms with Gasteiger partial charge >= 0.3 is 5.97 Å². The van der Waals surface area contributed by atoms with Crippen LogP contribution >= 0.6 is 34.5 Å². The maximum absolute atomic E-state index is 12.7. The smallest absolute Gasteiger partial charge is 0.341 e. The fraction of sp³-hybridized carbons (Fsp3) is 0.167. The van der Waals surface area contributed by atoms with Crippen molar-refractivity contribution in [2.45, 2.75) is 20.3 Å². The van der Waals surface area contributed by atoms with Gasteiger partial charge in [-0.1, -0.05) is 60.5 Å². The summed E-state index contributed by atoms with van der Waals surface area (Å²) in [6.45, 7) is 4.07. The van der Waals surface area contributed by atoms with Crippen molar-refractivity contribution in [3.63, 3.8) is 0 Å². The first-order valence-electron chi connectivity index (χ1n) is 9.75. The molecule has 1 N–H and O–H groups in total. The summed E-state index contributed by atoms with van der Waals surface area (Å²) in [7, 11) is 0. The second kappa shape index (κ2) is 10.6. The molecule has 2 aromatic carbocycles. The van der Waals surface area contributed by atoms with E-state index in [0.29, 0.717) is 26.2 Å². The Hall–Kier alpha value is -2.60. The molecule has 0 unspecified atom stereocenters. The molecule has 0 bridgehead atoms. The van der Waals surface area contributed by atoms with Gasteiger partial charge in [-0.25, -0.2) is 4.79 Å². The van der Waals surface area contributed by atoms with Crippen molar-refractivity contribution in [2.75, 3.05) is 11.9 Å². The second-order valence-corrected chi connectivity index (χ2v) is 8.34. The standard InChI is InChI=1S/C24H21Cl2NO3S/c1-3-15-5-7-16(8-6-15)19-14-31-23(22(19)24(29)30-4-2)27-21(28)12-10-17-9-11-18(25)13-20(17)26/h5-14H,3-4H2,1-2H3,(H,27,28). The first-order valence-corrected chi connectivity index (χ1v) is 11.4. The molecule has 4 nitrogen and oxygen atoms in total. The molecule has 1 aromatic heterocycles. The van der Waals surface area contributed by atoms with Gasteiger partial charge in [0.1, 0.15) is 10.6 Å². The highest BCUT2D eigenvalue weighted by Crippen LogP contribution is 2.36. The lowest BCUT2D eigenvalue weighted by Gasteiger charge is -2.08. The zero-order chi connectivity index (χ0) is 22.4. The van der Waals surface area contributed by atoms with Crippen LogP contribution in [-0.4, -0.2) is 18.5 Å². The quantitative estimate of drug-likeness (QED) is 0.293. The van der Waals surface area contributed by atoms with Crippen LogP contribution in [0, 0.1) is 0 Å². The highest BCUT2D eigenvalue weighted by molar-refractivity contribution is 7.15. The van der Waals surface area contributed by atoms with E-state index in [1.807, 2.05) is 29.6 Å². The number of hydrogen-bond acceptors (Lipinski definition) is 4. The molecule has 0 aliphatic carbocycles. The van der Waals surface area contributed by atoms with Crippen molar-refractivity contribution >= 4 is 57.5 Å². The predicted octanol–water partition coefficient (Wildman–Crippen LogP) is 7.11. The number of halogens is 2. The number of rotatable bonds is 7. The summed E-state index contributed by atoms with van der Waals surface area (Å²) in [6, 6.07) is 13.0. The van der Waals surface area contributed by atoms with Crippen LogP contribution in [0.4, 0.5) is 5.00 Å². The number of carbonyl (C=O) groups excluding carboxylic acids is 2. The van der Waals surface area contributed by atoms with Gasteiger partial charge in [-0.15, -0.1) is 11.3 Å². The number of thiophene rings is 1. The molecular weight excluding hydrogens is 453 g/mol. The van der Waals surface area contributed by atoms with Crippen LogP contribution in [0.25, 0.3) is 17.2 Å². The van der Waals surface area contributed by atoms with Crippen molar-refractivity contribution in [1.82, 2.24) is 0 Å². The molecule has 160 valence electrons. The van der Waals surface area contributed by atoms with Crippen LogP contribution in [-0.2, 0) is 16.0 Å². The first kappa shape index (κ1) is 23.1. The molecule has 0 aliphatic heterocycles. The van der Waals surface area contributed by atoms with Gasteiger partial charge in [0.15, 0.2) is 0 Å². The molecule has 3 rings (SSSR count). The number of nitrogens with one attached hydrogen (secondary N) is 1. The fourth-order valence-electron chi connectivity index (χ4n) is 2.94. The molecule has 7 heteroatoms. The molecular formula is C24H21Cl2NO3S. The molecule has 0 fully saturated rings. The third kappa shape index (κ3) is 5.76. The summed E-state index contributed by atoms with van der Waals surface area (Å²) < 4.78 is 5.24. The van der Waals surface area contributed by atoms with Gasteiger partial charge in [-0.3, -0.25) is 4.79 Å². The van der Waals surface area contributed by atoms with E-state index < -0.39 is 5.97 Å². The van der Waals surface area contributed by atoms with E-state index in [0.717, 1.165) is 17.5 Å². The van der Waals surface area contributed by atoms with E-state index in [1.54, 1.807) is 31.2 Å². The van der Waals surface area contributed by atoms with Gasteiger partial charge in [0, 0.05) is 27.1 Å². The number of amides is 1. The minimum absolute atomic E-state index is 0.241. The summed E-state index contributed by atoms with van der Waals surface area (Å²) in [4.78, 5) is 25.2. The number of aryl methyl sites for hydroxylation is 1. The van der Waals surface area contributed by atoms with Crippen LogP contribution in [0.15, 0.2) is 53.9 Å². The van der Waals surface area contributed by atoms with Gasteiger partial charge in [0.2, 0.25) is 5.91 Å². The molecule has 0 saturated carbocycles. The van der Waals surface area contributed by atoms with Gasteiger partial charge in [-0.05, 0) is 48.2 Å². The minimum Gasteiger partial charge on any atom is -0.462 e. The Morgan fingerprint density at radius 1 is 1.10 bits per heavy atom. The Kier molecular flexibility index (Phi) is 7.91. The topological polar surface area (TPSA) is 55.4 Å². The van der Waals surface area contributed by atoms with E-state index in [4.69, 9.17) is 27.9 Å². The van der Waals surface area contributed by atoms with Crippen molar-refractivity contribution in [3.8, 4) is 11.1 Å². The van der Waals surface area contributed by atoms with Gasteiger partial charge in [0.25, 0.3) is 0 Å². The van der Waals surface area contributed by atoms with E-state index in [1.165, 1.54) is 23.0 Å². The zero-order valence-electron chi connectivity index (χ0n) is 17.1. The highest BCUT2D eigenvalue weighted by Gasteiger charge is 2.22. The zero-order valence-corrected chi connectivity index (χ0v) is 19.4. The van der Waals surface area contributed by atoms with E-state index in [9.17, 15) is 9.59 Å². The Morgan fingerprint density at radius 3 is 2.48 bits per heavy atom. The average Bonchev–Trinajstić information content (AvgIpc) is 3.17. The second-order valence-electron chi connectivity index (χ2n) is 6.61. The lowest BCUT2D eigenvalue weighted by atomic mass is 10.0. The Labute approximate surface area is 195 Å². The summed E-state index contributed by atoms with van der Waals surface area (Å²) in [5.41, 5.74) is 3.83. The third-order valence-corrected chi connectivity index (χ3v) is 6.02. The Morgan fingerprint density at radius 2 is 1.84 bits per heavy atom. The molecule has 0 spiro atoms. The van der Waals surface area contributed by atoms with E-state index >= 15 is 0 Å². The normalized spacial score (nSPS) is 11.0. The number of hydrogen-bond donors (Lipinski definition) is 1. The SMILES string of the molecule is CCOC(=O)c1c(-c2ccc(CC)cc2)csc1NC(=O)C=Cc1ccc(Cl)cc1Cl. The van der Waals surface area contributed by atoms with Crippen LogP contribution in [0.3, 0.4) is 0 Å². The van der Waals surface area contributed by atoms with Crippen LogP contribution in [0.2, 0.25) is 10.0 Å². The maximum atomic E-state index is 12.7. The lowest BCUT2D eigenvalue weighted by molar-refractivity contribution is -0.111. The molecule has 1 amide bonds. The van der Waals surface area contributed by atoms with Crippen molar-refractivity contribution in [2.24, 2.45) is 0 Å². The average molecular weight is 474 g/mol. The Balaban J connectivity index is 1.87. The number of esters is 1. The third-order valence-electron chi connectivity index (χ3n) is 4.56. The lowest BCUT2D eigenvalue weighted by Crippen LogP contribution is -2.12. The highest BCUT2D eigenvalue weighted by atomic mass is 35.5. The first-order chi connectivity index (χ1) is 14.9. The molecule has 3 aromatic rings. The number of benzene rings is 2. The van der Waals surface area contributed by atoms with Crippen LogP contribution < -0.4 is 5.32 Å². The number of carbonyl (C=O) groups is 2. The fourth-order valence-corrected chi connectivity index (χ4v) is 4.38. The molecule has 0 radical (unpaired) electrons. The van der Waals surface area contributed by atoms with E-state index in [-0.39, 0.29) is 12.5 Å². The molecule has 1 heterocycles. The monoisotopic (exact) mass is 473 g/mol. The summed E-state index contributed by atoms with van der Waals surface area (Å²) >= 11 is 13.3. The minimum atomic E-state index is -0.474. The van der Waals surface area contributed by atoms with Crippen molar-refractivity contribution < 1.29 is 14.3 Å². The Bertz CT molecular complexity index is 1120. The van der Waals surface area contributed by atoms with Gasteiger partial charge in [0.05, 0.1) is 6.61 Å². The van der Waals surface area contributed by atoms with E-state index in [2.05, 4.69) is 12.2 Å². The molecule has 0 atom stereocenters. The predicted molar refractivity (Wildman–Crippen MR) is 129 cm³/mol.